The van der Waals surface area contributed by atoms with Crippen molar-refractivity contribution < 1.29 is 30.8 Å². The van der Waals surface area contributed by atoms with Gasteiger partial charge in [0.05, 0.1) is 10.5 Å². The molecular formula is C14H16F4N2O3S. The molecule has 5 nitrogen and oxygen atoms in total. The lowest BCUT2D eigenvalue weighted by Gasteiger charge is -2.33. The number of sulfonamides is 1. The van der Waals surface area contributed by atoms with Gasteiger partial charge in [0, 0.05) is 13.6 Å². The molecule has 24 heavy (non-hydrogen) atoms. The normalized spacial score (nSPS) is 20.0. The number of hydrogen-bond donors (Lipinski definition) is 1. The van der Waals surface area contributed by atoms with E-state index < -0.39 is 44.4 Å². The van der Waals surface area contributed by atoms with Crippen LogP contribution in [0.5, 0.6) is 0 Å². The summed E-state index contributed by atoms with van der Waals surface area (Å²) in [4.78, 5) is 11.2. The lowest BCUT2D eigenvalue weighted by molar-refractivity contribution is -0.140. The SMILES string of the molecule is CNC(=O)[C@H]1CCCCN1S(=O)(=O)c1ccc(F)c(C(F)(F)F)c1. The Bertz CT molecular complexity index is 734. The third kappa shape index (κ3) is 3.54. The van der Waals surface area contributed by atoms with E-state index in [0.717, 1.165) is 10.4 Å². The molecule has 1 fully saturated rings. The minimum absolute atomic E-state index is 0.0130. The number of nitrogens with one attached hydrogen (secondary N) is 1. The molecular weight excluding hydrogens is 352 g/mol. The number of benzene rings is 1. The number of rotatable bonds is 3. The Morgan fingerprint density at radius 2 is 1.96 bits per heavy atom. The number of likely N-dealkylation sites (N-methyl/N-ethyl adjacent to an activating group) is 1. The summed E-state index contributed by atoms with van der Waals surface area (Å²) in [5, 5.41) is 2.35. The van der Waals surface area contributed by atoms with Gasteiger partial charge in [0.25, 0.3) is 0 Å². The Hall–Kier alpha value is -1.68. The Balaban J connectivity index is 2.48. The molecule has 1 N–H and O–H groups in total. The van der Waals surface area contributed by atoms with E-state index in [2.05, 4.69) is 5.32 Å². The highest BCUT2D eigenvalue weighted by atomic mass is 32.2. The zero-order chi connectivity index (χ0) is 18.1. The van der Waals surface area contributed by atoms with Crippen LogP contribution in [0.4, 0.5) is 17.6 Å². The number of nitrogens with zero attached hydrogens (tertiary/aromatic N) is 1. The molecule has 0 aliphatic carbocycles. The number of carbonyl (C=O) groups is 1. The van der Waals surface area contributed by atoms with E-state index in [1.807, 2.05) is 0 Å². The summed E-state index contributed by atoms with van der Waals surface area (Å²) in [6, 6.07) is 0.512. The molecule has 1 atom stereocenters. The van der Waals surface area contributed by atoms with Crippen LogP contribution in [-0.4, -0.2) is 38.3 Å². The molecule has 1 saturated heterocycles. The molecule has 2 rings (SSSR count). The molecule has 1 heterocycles. The molecule has 1 aliphatic rings. The molecule has 0 bridgehead atoms. The molecule has 0 unspecified atom stereocenters. The third-order valence-corrected chi connectivity index (χ3v) is 5.76. The van der Waals surface area contributed by atoms with Crippen LogP contribution in [0.1, 0.15) is 24.8 Å². The minimum Gasteiger partial charge on any atom is -0.358 e. The van der Waals surface area contributed by atoms with Crippen LogP contribution < -0.4 is 5.32 Å². The Labute approximate surface area is 136 Å². The van der Waals surface area contributed by atoms with Gasteiger partial charge >= 0.3 is 6.18 Å². The first-order valence-corrected chi connectivity index (χ1v) is 8.63. The van der Waals surface area contributed by atoms with Crippen molar-refractivity contribution in [2.24, 2.45) is 0 Å². The first kappa shape index (κ1) is 18.7. The standard InChI is InChI=1S/C14H16F4N2O3S/c1-19-13(21)12-4-2-3-7-20(12)24(22,23)9-5-6-11(15)10(8-9)14(16,17)18/h5-6,8,12H,2-4,7H2,1H3,(H,19,21)/t12-/m1/s1. The van der Waals surface area contributed by atoms with E-state index in [9.17, 15) is 30.8 Å². The highest BCUT2D eigenvalue weighted by molar-refractivity contribution is 7.89. The van der Waals surface area contributed by atoms with Crippen LogP contribution in [0.3, 0.4) is 0 Å². The van der Waals surface area contributed by atoms with E-state index in [1.165, 1.54) is 7.05 Å². The number of amides is 1. The van der Waals surface area contributed by atoms with Crippen molar-refractivity contribution in [1.82, 2.24) is 9.62 Å². The average molecular weight is 368 g/mol. The molecule has 0 radical (unpaired) electrons. The zero-order valence-corrected chi connectivity index (χ0v) is 13.5. The fraction of sp³-hybridized carbons (Fsp3) is 0.500. The lowest BCUT2D eigenvalue weighted by atomic mass is 10.0. The first-order valence-electron chi connectivity index (χ1n) is 7.19. The summed E-state index contributed by atoms with van der Waals surface area (Å²) in [5.74, 6) is -2.08. The van der Waals surface area contributed by atoms with Crippen LogP contribution in [0.2, 0.25) is 0 Å². The van der Waals surface area contributed by atoms with E-state index in [-0.39, 0.29) is 19.0 Å². The van der Waals surface area contributed by atoms with Crippen LogP contribution in [0.25, 0.3) is 0 Å². The largest absolute Gasteiger partial charge is 0.419 e. The van der Waals surface area contributed by atoms with Gasteiger partial charge < -0.3 is 5.32 Å². The van der Waals surface area contributed by atoms with Gasteiger partial charge in [-0.2, -0.15) is 17.5 Å². The van der Waals surface area contributed by atoms with Crippen molar-refractivity contribution in [1.29, 1.82) is 0 Å². The quantitative estimate of drug-likeness (QED) is 0.832. The molecule has 0 saturated carbocycles. The van der Waals surface area contributed by atoms with Gasteiger partial charge in [0.15, 0.2) is 0 Å². The van der Waals surface area contributed by atoms with Gasteiger partial charge in [-0.1, -0.05) is 6.42 Å². The number of piperidine rings is 1. The topological polar surface area (TPSA) is 66.5 Å². The van der Waals surface area contributed by atoms with Gasteiger partial charge in [-0.05, 0) is 31.0 Å². The van der Waals surface area contributed by atoms with Gasteiger partial charge in [0.1, 0.15) is 11.9 Å². The number of alkyl halides is 3. The monoisotopic (exact) mass is 368 g/mol. The molecule has 1 aromatic carbocycles. The maximum absolute atomic E-state index is 13.4. The molecule has 1 amide bonds. The summed E-state index contributed by atoms with van der Waals surface area (Å²) in [5.41, 5.74) is -1.66. The second kappa shape index (κ2) is 6.67. The molecule has 0 spiro atoms. The Kier molecular flexibility index (Phi) is 5.19. The van der Waals surface area contributed by atoms with Crippen molar-refractivity contribution in [3.8, 4) is 0 Å². The van der Waals surface area contributed by atoms with Gasteiger partial charge in [-0.15, -0.1) is 0 Å². The first-order chi connectivity index (χ1) is 11.1. The predicted molar refractivity (Wildman–Crippen MR) is 77.0 cm³/mol. The van der Waals surface area contributed by atoms with E-state index >= 15 is 0 Å². The molecule has 134 valence electrons. The van der Waals surface area contributed by atoms with Crippen LogP contribution in [0, 0.1) is 5.82 Å². The summed E-state index contributed by atoms with van der Waals surface area (Å²) in [6.45, 7) is 0.0130. The van der Waals surface area contributed by atoms with Crippen molar-refractivity contribution in [3.63, 3.8) is 0 Å². The fourth-order valence-corrected chi connectivity index (χ4v) is 4.32. The number of halogens is 4. The van der Waals surface area contributed by atoms with E-state index in [4.69, 9.17) is 0 Å². The molecule has 1 aliphatic heterocycles. The molecule has 0 aromatic heterocycles. The smallest absolute Gasteiger partial charge is 0.358 e. The lowest BCUT2D eigenvalue weighted by Crippen LogP contribution is -2.51. The molecule has 1 aromatic rings. The Morgan fingerprint density at radius 3 is 2.54 bits per heavy atom. The minimum atomic E-state index is -5.02. The van der Waals surface area contributed by atoms with Crippen molar-refractivity contribution in [3.05, 3.63) is 29.6 Å². The highest BCUT2D eigenvalue weighted by Gasteiger charge is 2.40. The van der Waals surface area contributed by atoms with Gasteiger partial charge in [0.2, 0.25) is 15.9 Å². The van der Waals surface area contributed by atoms with Gasteiger partial charge in [-0.25, -0.2) is 12.8 Å². The van der Waals surface area contributed by atoms with E-state index in [0.29, 0.717) is 18.9 Å². The zero-order valence-electron chi connectivity index (χ0n) is 12.7. The average Bonchev–Trinajstić information content (AvgIpc) is 2.53. The summed E-state index contributed by atoms with van der Waals surface area (Å²) < 4.78 is 78.0. The van der Waals surface area contributed by atoms with E-state index in [1.54, 1.807) is 0 Å². The number of hydrogen-bond acceptors (Lipinski definition) is 3. The fourth-order valence-electron chi connectivity index (χ4n) is 2.64. The van der Waals surface area contributed by atoms with Crippen molar-refractivity contribution in [2.75, 3.05) is 13.6 Å². The second-order valence-electron chi connectivity index (χ2n) is 5.38. The summed E-state index contributed by atoms with van der Waals surface area (Å²) in [6.07, 6.45) is -3.63. The number of carbonyl (C=O) groups excluding carboxylic acids is 1. The third-order valence-electron chi connectivity index (χ3n) is 3.85. The van der Waals surface area contributed by atoms with Crippen LogP contribution >= 0.6 is 0 Å². The second-order valence-corrected chi connectivity index (χ2v) is 7.27. The Morgan fingerprint density at radius 1 is 1.29 bits per heavy atom. The van der Waals surface area contributed by atoms with Crippen molar-refractivity contribution >= 4 is 15.9 Å². The van der Waals surface area contributed by atoms with Crippen LogP contribution in [0.15, 0.2) is 23.1 Å². The predicted octanol–water partition coefficient (Wildman–Crippen LogP) is 2.13. The molecule has 10 heteroatoms. The van der Waals surface area contributed by atoms with Gasteiger partial charge in [-0.3, -0.25) is 4.79 Å². The maximum atomic E-state index is 13.4. The highest BCUT2D eigenvalue weighted by Crippen LogP contribution is 2.34. The van der Waals surface area contributed by atoms with Crippen molar-refractivity contribution in [2.45, 2.75) is 36.4 Å². The summed E-state index contributed by atoms with van der Waals surface area (Å²) >= 11 is 0. The maximum Gasteiger partial charge on any atom is 0.419 e. The van der Waals surface area contributed by atoms with Crippen LogP contribution in [-0.2, 0) is 21.0 Å². The summed E-state index contributed by atoms with van der Waals surface area (Å²) in [7, 11) is -3.01.